The summed E-state index contributed by atoms with van der Waals surface area (Å²) >= 11 is 0. The van der Waals surface area contributed by atoms with Crippen LogP contribution in [0.4, 0.5) is 5.69 Å². The van der Waals surface area contributed by atoms with Gasteiger partial charge in [-0.15, -0.1) is 0 Å². The SMILES string of the molecule is CC(C)CCNC(=O)COC(=O)c1ccc2c(c1)CCN2S(C)(=O)=O. The highest BCUT2D eigenvalue weighted by molar-refractivity contribution is 7.92. The molecule has 0 unspecified atom stereocenters. The average Bonchev–Trinajstić information content (AvgIpc) is 2.95. The highest BCUT2D eigenvalue weighted by Crippen LogP contribution is 2.30. The second kappa shape index (κ2) is 7.86. The second-order valence-corrected chi connectivity index (χ2v) is 8.44. The van der Waals surface area contributed by atoms with Crippen molar-refractivity contribution in [2.24, 2.45) is 5.92 Å². The number of sulfonamides is 1. The molecule has 138 valence electrons. The van der Waals surface area contributed by atoms with E-state index in [2.05, 4.69) is 19.2 Å². The molecule has 0 spiro atoms. The van der Waals surface area contributed by atoms with Gasteiger partial charge in [0.25, 0.3) is 5.91 Å². The van der Waals surface area contributed by atoms with Gasteiger partial charge in [-0.05, 0) is 42.5 Å². The molecule has 0 fully saturated rings. The summed E-state index contributed by atoms with van der Waals surface area (Å²) in [5.74, 6) is -0.446. The lowest BCUT2D eigenvalue weighted by atomic mass is 10.1. The lowest BCUT2D eigenvalue weighted by molar-refractivity contribution is -0.124. The van der Waals surface area contributed by atoms with Gasteiger partial charge >= 0.3 is 5.97 Å². The molecule has 1 aromatic rings. The Morgan fingerprint density at radius 2 is 2.04 bits per heavy atom. The van der Waals surface area contributed by atoms with Crippen LogP contribution in [-0.4, -0.2) is 46.2 Å². The van der Waals surface area contributed by atoms with Gasteiger partial charge in [0.15, 0.2) is 6.61 Å². The fourth-order valence-electron chi connectivity index (χ4n) is 2.61. The molecule has 0 aromatic heterocycles. The Morgan fingerprint density at radius 1 is 1.32 bits per heavy atom. The molecule has 0 aliphatic carbocycles. The first-order chi connectivity index (χ1) is 11.7. The molecular weight excluding hydrogens is 344 g/mol. The van der Waals surface area contributed by atoms with E-state index in [9.17, 15) is 18.0 Å². The molecule has 1 amide bonds. The number of carbonyl (C=O) groups is 2. The molecule has 1 heterocycles. The summed E-state index contributed by atoms with van der Waals surface area (Å²) in [7, 11) is -3.32. The molecule has 0 saturated heterocycles. The number of hydrogen-bond donors (Lipinski definition) is 1. The number of nitrogens with zero attached hydrogens (tertiary/aromatic N) is 1. The van der Waals surface area contributed by atoms with Crippen LogP contribution in [0.1, 0.15) is 36.2 Å². The van der Waals surface area contributed by atoms with Crippen LogP contribution >= 0.6 is 0 Å². The maximum atomic E-state index is 12.1. The van der Waals surface area contributed by atoms with E-state index >= 15 is 0 Å². The van der Waals surface area contributed by atoms with Crippen LogP contribution in [0.25, 0.3) is 0 Å². The third-order valence-corrected chi connectivity index (χ3v) is 5.13. The first-order valence-corrected chi connectivity index (χ1v) is 10.1. The Bertz CT molecular complexity index is 758. The first kappa shape index (κ1) is 19.2. The summed E-state index contributed by atoms with van der Waals surface area (Å²) in [4.78, 5) is 23.7. The van der Waals surface area contributed by atoms with E-state index in [0.717, 1.165) is 18.2 Å². The fraction of sp³-hybridized carbons (Fsp3) is 0.529. The zero-order valence-electron chi connectivity index (χ0n) is 14.7. The summed E-state index contributed by atoms with van der Waals surface area (Å²) in [5, 5.41) is 2.70. The monoisotopic (exact) mass is 368 g/mol. The molecule has 8 heteroatoms. The van der Waals surface area contributed by atoms with E-state index in [1.807, 2.05) is 0 Å². The maximum absolute atomic E-state index is 12.1. The van der Waals surface area contributed by atoms with Crippen molar-refractivity contribution >= 4 is 27.6 Å². The summed E-state index contributed by atoms with van der Waals surface area (Å²) < 4.78 is 29.8. The summed E-state index contributed by atoms with van der Waals surface area (Å²) in [6, 6.07) is 4.74. The van der Waals surface area contributed by atoms with Crippen molar-refractivity contribution in [3.63, 3.8) is 0 Å². The smallest absolute Gasteiger partial charge is 0.338 e. The molecule has 1 aromatic carbocycles. The molecular formula is C17H24N2O5S. The van der Waals surface area contributed by atoms with Crippen LogP contribution in [0.2, 0.25) is 0 Å². The molecule has 0 atom stereocenters. The molecule has 25 heavy (non-hydrogen) atoms. The number of amides is 1. The predicted octanol–water partition coefficient (Wildman–Crippen LogP) is 1.33. The minimum Gasteiger partial charge on any atom is -0.452 e. The van der Waals surface area contributed by atoms with Gasteiger partial charge in [-0.1, -0.05) is 13.8 Å². The number of ether oxygens (including phenoxy) is 1. The van der Waals surface area contributed by atoms with Crippen molar-refractivity contribution in [2.45, 2.75) is 26.7 Å². The zero-order valence-corrected chi connectivity index (χ0v) is 15.6. The highest BCUT2D eigenvalue weighted by Gasteiger charge is 2.27. The molecule has 0 radical (unpaired) electrons. The lowest BCUT2D eigenvalue weighted by Gasteiger charge is -2.16. The number of fused-ring (bicyclic) bond motifs is 1. The van der Waals surface area contributed by atoms with Gasteiger partial charge in [0.2, 0.25) is 10.0 Å². The minimum absolute atomic E-state index is 0.309. The van der Waals surface area contributed by atoms with E-state index in [0.29, 0.717) is 36.7 Å². The predicted molar refractivity (Wildman–Crippen MR) is 95.1 cm³/mol. The number of benzene rings is 1. The number of anilines is 1. The molecule has 1 aliphatic heterocycles. The molecule has 7 nitrogen and oxygen atoms in total. The molecule has 0 bridgehead atoms. The van der Waals surface area contributed by atoms with Crippen molar-refractivity contribution in [3.8, 4) is 0 Å². The van der Waals surface area contributed by atoms with Gasteiger partial charge in [0.05, 0.1) is 17.5 Å². The number of rotatable bonds is 7. The normalized spacial score (nSPS) is 13.7. The standard InChI is InChI=1S/C17H24N2O5S/c1-12(2)6-8-18-16(20)11-24-17(21)14-4-5-15-13(10-14)7-9-19(15)25(3,22)23/h4-5,10,12H,6-9,11H2,1-3H3,(H,18,20). The van der Waals surface area contributed by atoms with E-state index < -0.39 is 16.0 Å². The summed E-state index contributed by atoms with van der Waals surface area (Å²) in [6.07, 6.45) is 2.56. The zero-order chi connectivity index (χ0) is 18.6. The fourth-order valence-corrected chi connectivity index (χ4v) is 3.57. The molecule has 1 aliphatic rings. The molecule has 0 saturated carbocycles. The third kappa shape index (κ3) is 5.19. The van der Waals surface area contributed by atoms with Gasteiger partial charge < -0.3 is 10.1 Å². The van der Waals surface area contributed by atoms with E-state index in [4.69, 9.17) is 4.74 Å². The van der Waals surface area contributed by atoms with Gasteiger partial charge in [-0.3, -0.25) is 9.10 Å². The summed E-state index contributed by atoms with van der Waals surface area (Å²) in [6.45, 7) is 4.71. The van der Waals surface area contributed by atoms with Gasteiger partial charge in [-0.2, -0.15) is 0 Å². The third-order valence-electron chi connectivity index (χ3n) is 3.95. The van der Waals surface area contributed by atoms with E-state index in [1.54, 1.807) is 12.1 Å². The average molecular weight is 368 g/mol. The van der Waals surface area contributed by atoms with Gasteiger partial charge in [0.1, 0.15) is 0 Å². The Kier molecular flexibility index (Phi) is 6.05. The number of hydrogen-bond acceptors (Lipinski definition) is 5. The van der Waals surface area contributed by atoms with Crippen molar-refractivity contribution < 1.29 is 22.7 Å². The van der Waals surface area contributed by atoms with Crippen molar-refractivity contribution in [1.82, 2.24) is 5.32 Å². The Labute approximate surface area is 148 Å². The number of esters is 1. The quantitative estimate of drug-likeness (QED) is 0.733. The number of carbonyl (C=O) groups excluding carboxylic acids is 2. The minimum atomic E-state index is -3.32. The highest BCUT2D eigenvalue weighted by atomic mass is 32.2. The lowest BCUT2D eigenvalue weighted by Crippen LogP contribution is -2.30. The molecule has 2 rings (SSSR count). The Balaban J connectivity index is 1.92. The van der Waals surface area contributed by atoms with Crippen molar-refractivity contribution in [3.05, 3.63) is 29.3 Å². The Morgan fingerprint density at radius 3 is 2.68 bits per heavy atom. The first-order valence-electron chi connectivity index (χ1n) is 8.23. The van der Waals surface area contributed by atoms with Crippen LogP contribution < -0.4 is 9.62 Å². The number of nitrogens with one attached hydrogen (secondary N) is 1. The summed E-state index contributed by atoms with van der Waals surface area (Å²) in [5.41, 5.74) is 1.68. The topological polar surface area (TPSA) is 92.8 Å². The maximum Gasteiger partial charge on any atom is 0.338 e. The van der Waals surface area contributed by atoms with Crippen LogP contribution in [0.5, 0.6) is 0 Å². The van der Waals surface area contributed by atoms with E-state index in [1.165, 1.54) is 10.4 Å². The van der Waals surface area contributed by atoms with Crippen molar-refractivity contribution in [1.29, 1.82) is 0 Å². The van der Waals surface area contributed by atoms with Crippen LogP contribution in [0.3, 0.4) is 0 Å². The Hall–Kier alpha value is -2.09. The molecule has 1 N–H and O–H groups in total. The van der Waals surface area contributed by atoms with Crippen LogP contribution in [-0.2, 0) is 26.0 Å². The largest absolute Gasteiger partial charge is 0.452 e. The second-order valence-electron chi connectivity index (χ2n) is 6.54. The van der Waals surface area contributed by atoms with Crippen LogP contribution in [0, 0.1) is 5.92 Å². The van der Waals surface area contributed by atoms with Crippen LogP contribution in [0.15, 0.2) is 18.2 Å². The van der Waals surface area contributed by atoms with Gasteiger partial charge in [0, 0.05) is 13.1 Å². The van der Waals surface area contributed by atoms with Gasteiger partial charge in [-0.25, -0.2) is 13.2 Å². The van der Waals surface area contributed by atoms with E-state index in [-0.39, 0.29) is 12.5 Å². The van der Waals surface area contributed by atoms with Crippen molar-refractivity contribution in [2.75, 3.05) is 30.3 Å².